The maximum atomic E-state index is 13.4. The standard InChI is InChI=1S/C20H19Cl2F3N4O2/c21-12-2-1-11(5-13(12)22)17-16(18(26)31)14-7-28(3-4-29(14)27-17)15(30)6-19(10-23)8-20(24,25)9-19/h1-2,5H,3-4,6-10H2,(H2,26,31). The summed E-state index contributed by atoms with van der Waals surface area (Å²) in [7, 11) is 0. The van der Waals surface area contributed by atoms with Crippen LogP contribution in [0.1, 0.15) is 35.3 Å². The maximum Gasteiger partial charge on any atom is 0.252 e. The fourth-order valence-corrected chi connectivity index (χ4v) is 4.68. The number of carbonyl (C=O) groups is 2. The van der Waals surface area contributed by atoms with E-state index < -0.39 is 42.7 Å². The monoisotopic (exact) mass is 474 g/mol. The molecule has 0 radical (unpaired) electrons. The molecule has 2 heterocycles. The minimum Gasteiger partial charge on any atom is -0.365 e. The predicted octanol–water partition coefficient (Wildman–Crippen LogP) is 4.07. The summed E-state index contributed by atoms with van der Waals surface area (Å²) < 4.78 is 41.6. The Morgan fingerprint density at radius 3 is 2.45 bits per heavy atom. The van der Waals surface area contributed by atoms with Crippen LogP contribution in [0.2, 0.25) is 10.0 Å². The van der Waals surface area contributed by atoms with Crippen LogP contribution in [0, 0.1) is 5.41 Å². The molecule has 31 heavy (non-hydrogen) atoms. The van der Waals surface area contributed by atoms with Gasteiger partial charge < -0.3 is 10.6 Å². The molecule has 1 aromatic heterocycles. The van der Waals surface area contributed by atoms with Gasteiger partial charge in [0, 0.05) is 36.8 Å². The van der Waals surface area contributed by atoms with E-state index in [1.54, 1.807) is 22.9 Å². The molecule has 166 valence electrons. The number of benzene rings is 1. The first-order valence-electron chi connectivity index (χ1n) is 9.61. The number of rotatable bonds is 5. The average molecular weight is 475 g/mol. The number of nitrogens with two attached hydrogens (primary N) is 1. The molecule has 6 nitrogen and oxygen atoms in total. The van der Waals surface area contributed by atoms with Crippen molar-refractivity contribution in [3.05, 3.63) is 39.5 Å². The molecule has 1 aliphatic heterocycles. The van der Waals surface area contributed by atoms with Gasteiger partial charge in [0.15, 0.2) is 0 Å². The van der Waals surface area contributed by atoms with Crippen molar-refractivity contribution in [2.75, 3.05) is 13.2 Å². The largest absolute Gasteiger partial charge is 0.365 e. The van der Waals surface area contributed by atoms with Gasteiger partial charge in [0.2, 0.25) is 11.8 Å². The zero-order chi connectivity index (χ0) is 22.6. The van der Waals surface area contributed by atoms with E-state index in [0.29, 0.717) is 22.0 Å². The zero-order valence-electron chi connectivity index (χ0n) is 16.3. The molecule has 0 atom stereocenters. The van der Waals surface area contributed by atoms with Gasteiger partial charge in [0.1, 0.15) is 5.69 Å². The summed E-state index contributed by atoms with van der Waals surface area (Å²) in [5, 5.41) is 5.09. The third-order valence-electron chi connectivity index (χ3n) is 5.85. The summed E-state index contributed by atoms with van der Waals surface area (Å²) in [5.74, 6) is -4.09. The van der Waals surface area contributed by atoms with Gasteiger partial charge in [-0.05, 0) is 12.1 Å². The molecule has 1 aliphatic carbocycles. The Morgan fingerprint density at radius 1 is 1.16 bits per heavy atom. The predicted molar refractivity (Wildman–Crippen MR) is 109 cm³/mol. The van der Waals surface area contributed by atoms with Crippen LogP contribution in [0.5, 0.6) is 0 Å². The summed E-state index contributed by atoms with van der Waals surface area (Å²) in [5.41, 5.74) is 5.71. The van der Waals surface area contributed by atoms with Crippen LogP contribution in [0.15, 0.2) is 18.2 Å². The highest BCUT2D eigenvalue weighted by Gasteiger charge is 2.57. The molecule has 0 bridgehead atoms. The lowest BCUT2D eigenvalue weighted by Crippen LogP contribution is -2.51. The Bertz CT molecular complexity index is 1060. The summed E-state index contributed by atoms with van der Waals surface area (Å²) >= 11 is 12.0. The first kappa shape index (κ1) is 22.0. The van der Waals surface area contributed by atoms with Crippen molar-refractivity contribution in [1.29, 1.82) is 0 Å². The normalized spacial score (nSPS) is 18.9. The molecule has 2 amide bonds. The first-order valence-corrected chi connectivity index (χ1v) is 10.4. The first-order chi connectivity index (χ1) is 14.5. The maximum absolute atomic E-state index is 13.4. The zero-order valence-corrected chi connectivity index (χ0v) is 17.8. The Balaban J connectivity index is 1.60. The molecule has 4 rings (SSSR count). The van der Waals surface area contributed by atoms with Crippen LogP contribution in [-0.4, -0.2) is 45.6 Å². The Kier molecular flexibility index (Phi) is 5.46. The number of carbonyl (C=O) groups excluding carboxylic acids is 2. The van der Waals surface area contributed by atoms with Gasteiger partial charge >= 0.3 is 0 Å². The average Bonchev–Trinajstić information content (AvgIpc) is 3.07. The van der Waals surface area contributed by atoms with Crippen molar-refractivity contribution < 1.29 is 22.8 Å². The topological polar surface area (TPSA) is 81.2 Å². The number of halogens is 5. The second-order valence-corrected chi connectivity index (χ2v) is 9.04. The molecule has 0 saturated heterocycles. The number of aromatic nitrogens is 2. The SMILES string of the molecule is NC(=O)c1c(-c2ccc(Cl)c(Cl)c2)nn2c1CN(C(=O)CC1(CF)CC(F)(F)C1)CC2. The van der Waals surface area contributed by atoms with E-state index in [1.165, 1.54) is 4.90 Å². The van der Waals surface area contributed by atoms with E-state index in [-0.39, 0.29) is 36.6 Å². The van der Waals surface area contributed by atoms with Gasteiger partial charge in [-0.3, -0.25) is 18.7 Å². The highest BCUT2D eigenvalue weighted by atomic mass is 35.5. The van der Waals surface area contributed by atoms with Crippen LogP contribution in [0.25, 0.3) is 11.3 Å². The molecule has 1 fully saturated rings. The summed E-state index contributed by atoms with van der Waals surface area (Å²) in [6.45, 7) is -0.426. The lowest BCUT2D eigenvalue weighted by Gasteiger charge is -2.46. The number of alkyl halides is 3. The second kappa shape index (κ2) is 7.70. The molecule has 2 N–H and O–H groups in total. The van der Waals surface area contributed by atoms with E-state index in [2.05, 4.69) is 5.10 Å². The minimum atomic E-state index is -2.93. The van der Waals surface area contributed by atoms with Crippen molar-refractivity contribution in [3.63, 3.8) is 0 Å². The lowest BCUT2D eigenvalue weighted by atomic mass is 9.64. The van der Waals surface area contributed by atoms with E-state index in [4.69, 9.17) is 28.9 Å². The molecule has 2 aromatic rings. The number of hydrogen-bond donors (Lipinski definition) is 1. The van der Waals surface area contributed by atoms with Crippen molar-refractivity contribution >= 4 is 35.0 Å². The Labute approximate surface area is 186 Å². The van der Waals surface area contributed by atoms with Gasteiger partial charge in [-0.2, -0.15) is 5.10 Å². The van der Waals surface area contributed by atoms with Crippen LogP contribution in [0.4, 0.5) is 13.2 Å². The number of nitrogens with zero attached hydrogens (tertiary/aromatic N) is 3. The number of amides is 2. The van der Waals surface area contributed by atoms with Gasteiger partial charge in [0.05, 0.1) is 41.1 Å². The Hall–Kier alpha value is -2.26. The van der Waals surface area contributed by atoms with E-state index in [9.17, 15) is 22.8 Å². The van der Waals surface area contributed by atoms with Gasteiger partial charge in [-0.25, -0.2) is 8.78 Å². The third-order valence-corrected chi connectivity index (χ3v) is 6.59. The quantitative estimate of drug-likeness (QED) is 0.708. The fourth-order valence-electron chi connectivity index (χ4n) is 4.38. The smallest absolute Gasteiger partial charge is 0.252 e. The Morgan fingerprint density at radius 2 is 1.87 bits per heavy atom. The number of fused-ring (bicyclic) bond motifs is 1. The van der Waals surface area contributed by atoms with Crippen molar-refractivity contribution in [2.45, 2.75) is 38.3 Å². The molecule has 0 unspecified atom stereocenters. The highest BCUT2D eigenvalue weighted by molar-refractivity contribution is 6.42. The van der Waals surface area contributed by atoms with Gasteiger partial charge in [-0.1, -0.05) is 29.3 Å². The van der Waals surface area contributed by atoms with Crippen LogP contribution in [0.3, 0.4) is 0 Å². The van der Waals surface area contributed by atoms with Crippen molar-refractivity contribution in [3.8, 4) is 11.3 Å². The summed E-state index contributed by atoms with van der Waals surface area (Å²) in [4.78, 5) is 26.4. The molecular formula is C20H19Cl2F3N4O2. The number of hydrogen-bond acceptors (Lipinski definition) is 3. The third kappa shape index (κ3) is 4.01. The molecule has 1 aromatic carbocycles. The minimum absolute atomic E-state index is 0.0180. The molecule has 1 saturated carbocycles. The molecule has 0 spiro atoms. The fraction of sp³-hybridized carbons (Fsp3) is 0.450. The van der Waals surface area contributed by atoms with Crippen LogP contribution in [-0.2, 0) is 17.9 Å². The second-order valence-electron chi connectivity index (χ2n) is 8.22. The summed E-state index contributed by atoms with van der Waals surface area (Å²) in [6.07, 6.45) is -1.58. The number of primary amides is 1. The molecular weight excluding hydrogens is 456 g/mol. The van der Waals surface area contributed by atoms with Gasteiger partial charge in [0.25, 0.3) is 5.91 Å². The van der Waals surface area contributed by atoms with Crippen molar-refractivity contribution in [2.24, 2.45) is 11.1 Å². The van der Waals surface area contributed by atoms with Crippen LogP contribution < -0.4 is 5.73 Å². The van der Waals surface area contributed by atoms with Crippen LogP contribution >= 0.6 is 23.2 Å². The summed E-state index contributed by atoms with van der Waals surface area (Å²) in [6, 6.07) is 4.79. The molecule has 2 aliphatic rings. The van der Waals surface area contributed by atoms with E-state index in [0.717, 1.165) is 0 Å². The molecule has 11 heteroatoms. The highest BCUT2D eigenvalue weighted by Crippen LogP contribution is 2.54. The van der Waals surface area contributed by atoms with E-state index >= 15 is 0 Å². The van der Waals surface area contributed by atoms with Crippen molar-refractivity contribution in [1.82, 2.24) is 14.7 Å². The van der Waals surface area contributed by atoms with E-state index in [1.807, 2.05) is 0 Å². The van der Waals surface area contributed by atoms with Gasteiger partial charge in [-0.15, -0.1) is 0 Å². The lowest BCUT2D eigenvalue weighted by molar-refractivity contribution is -0.177.